The van der Waals surface area contributed by atoms with Crippen molar-refractivity contribution in [2.24, 2.45) is 0 Å². The van der Waals surface area contributed by atoms with Gasteiger partial charge in [-0.15, -0.1) is 0 Å². The fourth-order valence-electron chi connectivity index (χ4n) is 13.5. The van der Waals surface area contributed by atoms with Crippen molar-refractivity contribution >= 4 is 44.6 Å². The summed E-state index contributed by atoms with van der Waals surface area (Å²) in [5.74, 6) is 2.10. The lowest BCUT2D eigenvalue weighted by Crippen LogP contribution is -2.34. The van der Waals surface area contributed by atoms with Gasteiger partial charge in [-0.2, -0.15) is 0 Å². The molecule has 3 aliphatic rings. The van der Waals surface area contributed by atoms with Gasteiger partial charge in [0.1, 0.15) is 24.0 Å². The Balaban J connectivity index is 0.929. The van der Waals surface area contributed by atoms with E-state index < -0.39 is 30.9 Å². The van der Waals surface area contributed by atoms with Gasteiger partial charge in [0.2, 0.25) is 0 Å². The summed E-state index contributed by atoms with van der Waals surface area (Å²) in [5.41, 5.74) is 15.9. The molecule has 0 amide bonds. The van der Waals surface area contributed by atoms with Crippen LogP contribution in [0.3, 0.4) is 0 Å². The van der Waals surface area contributed by atoms with Gasteiger partial charge in [0.05, 0.1) is 33.5 Å². The summed E-state index contributed by atoms with van der Waals surface area (Å²) < 4.78 is 81.3. The standard InChI is InChI=1S/C78H66N4O/c1-49-39-50(2)41-53(40-49)63-43-55(77(6,7)8)44-64(61-27-20-31-68-74(61)62-26-11-15-30-67(62)78(68)65-28-13-9-21-51(65)42-52-22-10-14-29-66(52)78)75(63)81-48-80(70-33-17-18-34-71(70)81)56-23-19-24-57(45-56)83-58-36-37-60-59-25-12-16-32-69(59)82(72(60)46-58)73-38-35-54(47-79-73)76(3,4)5/h9-41,43-47H,42,48H2,1-8H3/i1D3,2D3,42D2. The van der Waals surface area contributed by atoms with Crippen molar-refractivity contribution in [3.05, 3.63) is 286 Å². The smallest absolute Gasteiger partial charge is 0.137 e. The maximum Gasteiger partial charge on any atom is 0.137 e. The van der Waals surface area contributed by atoms with E-state index in [0.29, 0.717) is 40.4 Å². The van der Waals surface area contributed by atoms with Crippen molar-refractivity contribution < 1.29 is 15.7 Å². The first-order valence-corrected chi connectivity index (χ1v) is 28.6. The predicted octanol–water partition coefficient (Wildman–Crippen LogP) is 20.0. The number of aromatic nitrogens is 2. The van der Waals surface area contributed by atoms with E-state index in [4.69, 9.17) is 17.9 Å². The van der Waals surface area contributed by atoms with E-state index >= 15 is 0 Å². The van der Waals surface area contributed by atoms with Crippen molar-refractivity contribution in [1.29, 1.82) is 0 Å². The number of aryl methyl sites for hydroxylation is 2. The van der Waals surface area contributed by atoms with Crippen molar-refractivity contribution in [2.45, 2.75) is 77.9 Å². The molecule has 1 aliphatic heterocycles. The molecule has 12 aromatic rings. The number of pyridine rings is 1. The molecule has 0 unspecified atom stereocenters. The SMILES string of the molecule is [2H]C([2H])([2H])c1cc(-c2cc(C(C)(C)C)cc(-c3cccc4c3-c3ccccc3C43c4ccccc4C([2H])([2H])c4ccccc43)c2N2CN(c3cccc(Oc4ccc5c6ccccc6n(-c6ccc(C(C)(C)C)cn6)c5c4)c3)c3ccccc32)cc(C([2H])([2H])[2H])c1. The number of hydrogen-bond donors (Lipinski definition) is 0. The van der Waals surface area contributed by atoms with Crippen LogP contribution in [0.4, 0.5) is 22.7 Å². The molecule has 5 heteroatoms. The van der Waals surface area contributed by atoms with E-state index in [1.165, 1.54) is 6.07 Å². The Kier molecular flexibility index (Phi) is 9.61. The van der Waals surface area contributed by atoms with Gasteiger partial charge in [-0.1, -0.05) is 204 Å². The van der Waals surface area contributed by atoms with Crippen molar-refractivity contribution in [2.75, 3.05) is 16.5 Å². The Labute approximate surface area is 499 Å². The normalized spacial score (nSPS) is 16.3. The molecule has 404 valence electrons. The van der Waals surface area contributed by atoms with Gasteiger partial charge in [0.25, 0.3) is 0 Å². The van der Waals surface area contributed by atoms with Crippen molar-refractivity contribution in [1.82, 2.24) is 9.55 Å². The minimum absolute atomic E-state index is 0.0516. The number of hydrogen-bond acceptors (Lipinski definition) is 4. The van der Waals surface area contributed by atoms with E-state index in [9.17, 15) is 2.74 Å². The lowest BCUT2D eigenvalue weighted by molar-refractivity contribution is 0.483. The van der Waals surface area contributed by atoms with Crippen LogP contribution in [0.5, 0.6) is 11.5 Å². The molecule has 0 saturated carbocycles. The number of rotatable bonds is 7. The summed E-state index contributed by atoms with van der Waals surface area (Å²) >= 11 is 0. The largest absolute Gasteiger partial charge is 0.457 e. The maximum absolute atomic E-state index is 9.77. The number of ether oxygens (including phenoxy) is 1. The number of benzene rings is 10. The molecular weight excluding hydrogens is 1010 g/mol. The van der Waals surface area contributed by atoms with Crippen molar-refractivity contribution in [3.8, 4) is 50.7 Å². The lowest BCUT2D eigenvalue weighted by atomic mass is 9.61. The second-order valence-electron chi connectivity index (χ2n) is 24.5. The van der Waals surface area contributed by atoms with E-state index in [1.807, 2.05) is 72.9 Å². The molecule has 15 rings (SSSR count). The molecule has 83 heavy (non-hydrogen) atoms. The minimum atomic E-state index is -2.63. The van der Waals surface area contributed by atoms with Crippen LogP contribution in [0.1, 0.15) is 108 Å². The molecular formula is C78H66N4O. The number of nitrogens with zero attached hydrogens (tertiary/aromatic N) is 4. The molecule has 0 saturated heterocycles. The van der Waals surface area contributed by atoms with Crippen LogP contribution in [0.15, 0.2) is 231 Å². The Morgan fingerprint density at radius 3 is 1.82 bits per heavy atom. The summed E-state index contributed by atoms with van der Waals surface area (Å²) in [5, 5.41) is 2.20. The molecule has 5 nitrogen and oxygen atoms in total. The Bertz CT molecular complexity index is 4870. The quantitative estimate of drug-likeness (QED) is 0.159. The highest BCUT2D eigenvalue weighted by Gasteiger charge is 2.50. The van der Waals surface area contributed by atoms with Gasteiger partial charge >= 0.3 is 0 Å². The van der Waals surface area contributed by atoms with Crippen LogP contribution in [0.2, 0.25) is 0 Å². The number of anilines is 4. The van der Waals surface area contributed by atoms with Gasteiger partial charge < -0.3 is 14.5 Å². The average Bonchev–Trinajstić information content (AvgIpc) is 1.58. The van der Waals surface area contributed by atoms with Crippen LogP contribution in [0.25, 0.3) is 61.0 Å². The minimum Gasteiger partial charge on any atom is -0.457 e. The van der Waals surface area contributed by atoms with E-state index in [1.54, 1.807) is 12.1 Å². The third-order valence-electron chi connectivity index (χ3n) is 17.4. The maximum atomic E-state index is 9.77. The fraction of sp³-hybridized carbons (Fsp3) is 0.167. The highest BCUT2D eigenvalue weighted by Crippen LogP contribution is 2.62. The molecule has 2 aromatic heterocycles. The van der Waals surface area contributed by atoms with Crippen LogP contribution < -0.4 is 14.5 Å². The molecule has 10 aromatic carbocycles. The molecule has 0 bridgehead atoms. The van der Waals surface area contributed by atoms with Crippen molar-refractivity contribution in [3.63, 3.8) is 0 Å². The van der Waals surface area contributed by atoms with E-state index in [2.05, 4.69) is 195 Å². The summed E-state index contributed by atoms with van der Waals surface area (Å²) in [7, 11) is 0. The number of fused-ring (bicyclic) bond motifs is 13. The third kappa shape index (κ3) is 7.99. The van der Waals surface area contributed by atoms with Gasteiger partial charge in [0, 0.05) is 56.9 Å². The first-order chi connectivity index (χ1) is 43.4. The van der Waals surface area contributed by atoms with Crippen LogP contribution >= 0.6 is 0 Å². The molecule has 0 atom stereocenters. The van der Waals surface area contributed by atoms with Crippen LogP contribution in [-0.4, -0.2) is 16.2 Å². The molecule has 1 spiro atoms. The Morgan fingerprint density at radius 2 is 1.10 bits per heavy atom. The Morgan fingerprint density at radius 1 is 0.482 bits per heavy atom. The van der Waals surface area contributed by atoms with E-state index in [0.717, 1.165) is 106 Å². The second-order valence-corrected chi connectivity index (χ2v) is 24.5. The highest BCUT2D eigenvalue weighted by atomic mass is 16.5. The van der Waals surface area contributed by atoms with Gasteiger partial charge in [-0.25, -0.2) is 4.98 Å². The molecule has 2 aliphatic carbocycles. The molecule has 3 heterocycles. The highest BCUT2D eigenvalue weighted by molar-refractivity contribution is 6.10. The zero-order chi connectivity index (χ0) is 63.3. The predicted molar refractivity (Wildman–Crippen MR) is 345 cm³/mol. The van der Waals surface area contributed by atoms with Gasteiger partial charge in [0.15, 0.2) is 0 Å². The molecule has 0 radical (unpaired) electrons. The van der Waals surface area contributed by atoms with Gasteiger partial charge in [-0.05, 0) is 158 Å². The third-order valence-corrected chi connectivity index (χ3v) is 17.4. The summed E-state index contributed by atoms with van der Waals surface area (Å²) in [4.78, 5) is 9.56. The van der Waals surface area contributed by atoms with Crippen LogP contribution in [-0.2, 0) is 22.6 Å². The average molecular weight is 1080 g/mol. The Hall–Kier alpha value is -9.45. The summed E-state index contributed by atoms with van der Waals surface area (Å²) in [6.07, 6.45) is 0.181. The monoisotopic (exact) mass is 1080 g/mol. The van der Waals surface area contributed by atoms with Crippen LogP contribution in [0, 0.1) is 13.7 Å². The molecule has 0 N–H and O–H groups in total. The zero-order valence-electron chi connectivity index (χ0n) is 55.3. The van der Waals surface area contributed by atoms with Gasteiger partial charge in [-0.3, -0.25) is 4.57 Å². The summed E-state index contributed by atoms with van der Waals surface area (Å²) in [6, 6.07) is 75.2. The second kappa shape index (κ2) is 18.8. The first-order valence-electron chi connectivity index (χ1n) is 32.6. The zero-order valence-corrected chi connectivity index (χ0v) is 47.3. The first kappa shape index (κ1) is 42.4. The topological polar surface area (TPSA) is 33.5 Å². The fourth-order valence-corrected chi connectivity index (χ4v) is 13.5. The van der Waals surface area contributed by atoms with E-state index in [-0.39, 0.29) is 16.5 Å². The molecule has 0 fully saturated rings. The number of para-hydroxylation sites is 3. The summed E-state index contributed by atoms with van der Waals surface area (Å²) in [6.45, 7) is 8.08. The lowest BCUT2D eigenvalue weighted by Gasteiger charge is -2.40.